The van der Waals surface area contributed by atoms with Crippen molar-refractivity contribution >= 4 is 11.7 Å². The third-order valence-corrected chi connectivity index (χ3v) is 7.91. The molecule has 0 fully saturated rings. The van der Waals surface area contributed by atoms with Crippen molar-refractivity contribution in [1.29, 1.82) is 0 Å². The lowest BCUT2D eigenvalue weighted by molar-refractivity contribution is -0.152. The SMILES string of the molecule is COC(C)(C)CCOC(C)(C)C(=O)C(C)(C)CCC(C)(C)NC(=O)C(C)(C)CCOC(C)(C)C(C)C. The monoisotopic (exact) mass is 513 g/mol. The summed E-state index contributed by atoms with van der Waals surface area (Å²) in [5, 5.41) is 3.22. The first kappa shape index (κ1) is 35.0. The van der Waals surface area contributed by atoms with Crippen molar-refractivity contribution < 1.29 is 23.8 Å². The Morgan fingerprint density at radius 2 is 1.19 bits per heavy atom. The Morgan fingerprint density at radius 3 is 1.67 bits per heavy atom. The summed E-state index contributed by atoms with van der Waals surface area (Å²) >= 11 is 0. The number of carbonyl (C=O) groups is 2. The predicted octanol–water partition coefficient (Wildman–Crippen LogP) is 6.73. The van der Waals surface area contributed by atoms with Crippen molar-refractivity contribution in [2.75, 3.05) is 20.3 Å². The van der Waals surface area contributed by atoms with Crippen LogP contribution in [0.1, 0.15) is 123 Å². The molecule has 0 heterocycles. The molecule has 0 aromatic heterocycles. The molecule has 1 N–H and O–H groups in total. The molecule has 214 valence electrons. The molecule has 0 rings (SSSR count). The van der Waals surface area contributed by atoms with Crippen LogP contribution >= 0.6 is 0 Å². The van der Waals surface area contributed by atoms with Gasteiger partial charge in [0.15, 0.2) is 5.78 Å². The van der Waals surface area contributed by atoms with Crippen LogP contribution in [0.3, 0.4) is 0 Å². The number of ketones is 1. The fraction of sp³-hybridized carbons (Fsp3) is 0.933. The molecular weight excluding hydrogens is 454 g/mol. The molecule has 1 amide bonds. The number of hydrogen-bond acceptors (Lipinski definition) is 5. The molecule has 0 saturated carbocycles. The number of Topliss-reactive ketones (excluding diaryl/α,β-unsaturated/α-hetero) is 1. The van der Waals surface area contributed by atoms with Gasteiger partial charge in [0.1, 0.15) is 5.60 Å². The fourth-order valence-electron chi connectivity index (χ4n) is 3.66. The van der Waals surface area contributed by atoms with Crippen LogP contribution in [0.25, 0.3) is 0 Å². The van der Waals surface area contributed by atoms with E-state index in [0.29, 0.717) is 44.8 Å². The molecule has 0 aromatic carbocycles. The van der Waals surface area contributed by atoms with Gasteiger partial charge in [-0.2, -0.15) is 0 Å². The first-order chi connectivity index (χ1) is 15.9. The summed E-state index contributed by atoms with van der Waals surface area (Å²) in [7, 11) is 1.68. The average molecular weight is 514 g/mol. The Balaban J connectivity index is 4.98. The van der Waals surface area contributed by atoms with Crippen LogP contribution in [0.15, 0.2) is 0 Å². The lowest BCUT2D eigenvalue weighted by atomic mass is 9.74. The van der Waals surface area contributed by atoms with Gasteiger partial charge in [-0.1, -0.05) is 41.5 Å². The average Bonchev–Trinajstić information content (AvgIpc) is 2.70. The highest BCUT2D eigenvalue weighted by atomic mass is 16.5. The molecule has 6 heteroatoms. The van der Waals surface area contributed by atoms with Gasteiger partial charge in [-0.15, -0.1) is 0 Å². The summed E-state index contributed by atoms with van der Waals surface area (Å²) in [6.45, 7) is 29.0. The summed E-state index contributed by atoms with van der Waals surface area (Å²) in [4.78, 5) is 26.5. The van der Waals surface area contributed by atoms with Gasteiger partial charge in [-0.05, 0) is 87.0 Å². The maximum absolute atomic E-state index is 13.4. The molecule has 36 heavy (non-hydrogen) atoms. The Morgan fingerprint density at radius 1 is 0.694 bits per heavy atom. The van der Waals surface area contributed by atoms with Gasteiger partial charge in [-0.3, -0.25) is 9.59 Å². The van der Waals surface area contributed by atoms with Gasteiger partial charge < -0.3 is 19.5 Å². The van der Waals surface area contributed by atoms with E-state index in [4.69, 9.17) is 14.2 Å². The lowest BCUT2D eigenvalue weighted by Gasteiger charge is -2.37. The van der Waals surface area contributed by atoms with Gasteiger partial charge in [-0.25, -0.2) is 0 Å². The first-order valence-corrected chi connectivity index (χ1v) is 13.6. The predicted molar refractivity (Wildman–Crippen MR) is 149 cm³/mol. The standard InChI is InChI=1S/C30H59NO5/c1-22(2)29(11,12)35-20-18-26(5,6)24(33)31-27(7,8)17-16-25(3,4)23(32)30(13,14)36-21-19-28(9,10)34-15/h22H,16-21H2,1-15H3,(H,31,33). The molecule has 0 saturated heterocycles. The number of amides is 1. The zero-order valence-electron chi connectivity index (χ0n) is 26.4. The van der Waals surface area contributed by atoms with E-state index >= 15 is 0 Å². The molecule has 0 atom stereocenters. The molecule has 0 unspecified atom stereocenters. The highest BCUT2D eigenvalue weighted by Gasteiger charge is 2.41. The van der Waals surface area contributed by atoms with Crippen molar-refractivity contribution in [2.45, 2.75) is 145 Å². The zero-order valence-corrected chi connectivity index (χ0v) is 26.4. The van der Waals surface area contributed by atoms with Gasteiger partial charge in [0.2, 0.25) is 5.91 Å². The lowest BCUT2D eigenvalue weighted by Crippen LogP contribution is -2.50. The Hall–Kier alpha value is -0.980. The molecule has 0 radical (unpaired) electrons. The van der Waals surface area contributed by atoms with Crippen molar-refractivity contribution in [2.24, 2.45) is 16.7 Å². The summed E-state index contributed by atoms with van der Waals surface area (Å²) in [6.07, 6.45) is 2.66. The maximum atomic E-state index is 13.4. The van der Waals surface area contributed by atoms with Crippen LogP contribution in [0, 0.1) is 16.7 Å². The number of hydrogen-bond donors (Lipinski definition) is 1. The minimum absolute atomic E-state index is 0.00649. The van der Waals surface area contributed by atoms with Gasteiger partial charge in [0.05, 0.1) is 17.8 Å². The molecule has 0 aliphatic carbocycles. The minimum atomic E-state index is -0.896. The highest BCUT2D eigenvalue weighted by Crippen LogP contribution is 2.34. The molecule has 0 bridgehead atoms. The number of rotatable bonds is 17. The molecular formula is C30H59NO5. The van der Waals surface area contributed by atoms with Crippen LogP contribution < -0.4 is 5.32 Å². The van der Waals surface area contributed by atoms with E-state index in [2.05, 4.69) is 33.0 Å². The third kappa shape index (κ3) is 11.6. The Kier molecular flexibility index (Phi) is 12.4. The first-order valence-electron chi connectivity index (χ1n) is 13.6. The maximum Gasteiger partial charge on any atom is 0.226 e. The summed E-state index contributed by atoms with van der Waals surface area (Å²) in [6, 6.07) is 0. The van der Waals surface area contributed by atoms with Crippen LogP contribution in [0.2, 0.25) is 0 Å². The van der Waals surface area contributed by atoms with Crippen molar-refractivity contribution in [1.82, 2.24) is 5.32 Å². The zero-order chi connectivity index (χ0) is 28.8. The summed E-state index contributed by atoms with van der Waals surface area (Å²) in [5.41, 5.74) is -3.00. The third-order valence-electron chi connectivity index (χ3n) is 7.91. The fourth-order valence-corrected chi connectivity index (χ4v) is 3.66. The van der Waals surface area contributed by atoms with Gasteiger partial charge >= 0.3 is 0 Å². The number of carbonyl (C=O) groups excluding carboxylic acids is 2. The van der Waals surface area contributed by atoms with E-state index in [9.17, 15) is 9.59 Å². The minimum Gasteiger partial charge on any atom is -0.379 e. The van der Waals surface area contributed by atoms with Gasteiger partial charge in [0, 0.05) is 30.1 Å². The number of nitrogens with one attached hydrogen (secondary N) is 1. The topological polar surface area (TPSA) is 73.9 Å². The second kappa shape index (κ2) is 12.7. The smallest absolute Gasteiger partial charge is 0.226 e. The number of methoxy groups -OCH3 is 1. The van der Waals surface area contributed by atoms with Crippen molar-refractivity contribution in [3.63, 3.8) is 0 Å². The van der Waals surface area contributed by atoms with E-state index in [-0.39, 0.29) is 22.9 Å². The Bertz CT molecular complexity index is 717. The van der Waals surface area contributed by atoms with Crippen molar-refractivity contribution in [3.8, 4) is 0 Å². The quantitative estimate of drug-likeness (QED) is 0.233. The molecule has 6 nitrogen and oxygen atoms in total. The highest BCUT2D eigenvalue weighted by molar-refractivity contribution is 5.91. The van der Waals surface area contributed by atoms with Crippen molar-refractivity contribution in [3.05, 3.63) is 0 Å². The molecule has 0 aliphatic heterocycles. The van der Waals surface area contributed by atoms with E-state index in [0.717, 1.165) is 0 Å². The van der Waals surface area contributed by atoms with Gasteiger partial charge in [0.25, 0.3) is 0 Å². The molecule has 0 spiro atoms. The second-order valence-corrected chi connectivity index (χ2v) is 14.4. The van der Waals surface area contributed by atoms with Crippen LogP contribution in [0.5, 0.6) is 0 Å². The van der Waals surface area contributed by atoms with E-state index in [1.807, 2.05) is 69.2 Å². The van der Waals surface area contributed by atoms with Crippen LogP contribution in [-0.4, -0.2) is 54.4 Å². The second-order valence-electron chi connectivity index (χ2n) is 14.4. The van der Waals surface area contributed by atoms with Crippen LogP contribution in [0.4, 0.5) is 0 Å². The Labute approximate surface area is 223 Å². The molecule has 0 aromatic rings. The normalized spacial score (nSPS) is 14.3. The number of ether oxygens (including phenoxy) is 3. The van der Waals surface area contributed by atoms with E-state index in [1.165, 1.54) is 0 Å². The largest absolute Gasteiger partial charge is 0.379 e. The molecule has 0 aliphatic rings. The summed E-state index contributed by atoms with van der Waals surface area (Å²) < 4.78 is 17.5. The summed E-state index contributed by atoms with van der Waals surface area (Å²) in [5.74, 6) is 0.469. The van der Waals surface area contributed by atoms with E-state index < -0.39 is 22.0 Å². The van der Waals surface area contributed by atoms with E-state index in [1.54, 1.807) is 7.11 Å². The van der Waals surface area contributed by atoms with Crippen LogP contribution in [-0.2, 0) is 23.8 Å².